The van der Waals surface area contributed by atoms with E-state index in [1.54, 1.807) is 31.3 Å². The molecule has 25 heavy (non-hydrogen) atoms. The Morgan fingerprint density at radius 3 is 2.76 bits per heavy atom. The van der Waals surface area contributed by atoms with E-state index in [0.717, 1.165) is 27.9 Å². The molecule has 3 aromatic rings. The molecule has 128 valence electrons. The van der Waals surface area contributed by atoms with Gasteiger partial charge in [0.1, 0.15) is 5.75 Å². The van der Waals surface area contributed by atoms with Crippen molar-refractivity contribution in [3.05, 3.63) is 66.0 Å². The molecule has 2 aromatic heterocycles. The number of aromatic nitrogens is 4. The number of halogens is 1. The van der Waals surface area contributed by atoms with Crippen molar-refractivity contribution in [1.82, 2.24) is 19.7 Å². The van der Waals surface area contributed by atoms with Gasteiger partial charge in [0.2, 0.25) is 0 Å². The summed E-state index contributed by atoms with van der Waals surface area (Å²) in [4.78, 5) is 4.05. The zero-order chi connectivity index (χ0) is 17.6. The number of methoxy groups -OCH3 is 1. The number of ether oxygens (including phenoxy) is 1. The number of allylic oxidation sites excluding steroid dienone is 1. The second kappa shape index (κ2) is 8.18. The molecule has 0 atom stereocenters. The predicted molar refractivity (Wildman–Crippen MR) is 101 cm³/mol. The van der Waals surface area contributed by atoms with E-state index < -0.39 is 0 Å². The lowest BCUT2D eigenvalue weighted by Gasteiger charge is -2.10. The number of benzene rings is 1. The van der Waals surface area contributed by atoms with Crippen LogP contribution in [0.5, 0.6) is 5.75 Å². The van der Waals surface area contributed by atoms with Gasteiger partial charge in [0.15, 0.2) is 11.0 Å². The maximum atomic E-state index is 6.10. The van der Waals surface area contributed by atoms with E-state index in [9.17, 15) is 0 Å². The minimum atomic E-state index is 0.625. The molecule has 0 aliphatic carbocycles. The van der Waals surface area contributed by atoms with Gasteiger partial charge in [0, 0.05) is 40.8 Å². The molecule has 0 saturated carbocycles. The molecule has 0 N–H and O–H groups in total. The highest BCUT2D eigenvalue weighted by molar-refractivity contribution is 7.98. The maximum Gasteiger partial charge on any atom is 0.192 e. The molecule has 7 heteroatoms. The lowest BCUT2D eigenvalue weighted by Crippen LogP contribution is -2.01. The van der Waals surface area contributed by atoms with Crippen molar-refractivity contribution in [1.29, 1.82) is 0 Å². The smallest absolute Gasteiger partial charge is 0.192 e. The van der Waals surface area contributed by atoms with E-state index in [4.69, 9.17) is 16.3 Å². The largest absolute Gasteiger partial charge is 0.496 e. The van der Waals surface area contributed by atoms with Gasteiger partial charge in [-0.1, -0.05) is 29.4 Å². The van der Waals surface area contributed by atoms with Crippen LogP contribution in [0.15, 0.2) is 60.5 Å². The molecule has 1 aromatic carbocycles. The second-order valence-corrected chi connectivity index (χ2v) is 6.57. The Bertz CT molecular complexity index is 867. The molecule has 0 aliphatic heterocycles. The molecule has 2 heterocycles. The van der Waals surface area contributed by atoms with E-state index in [0.29, 0.717) is 17.3 Å². The van der Waals surface area contributed by atoms with Crippen LogP contribution in [-0.2, 0) is 12.3 Å². The van der Waals surface area contributed by atoms with E-state index >= 15 is 0 Å². The molecule has 0 fully saturated rings. The fourth-order valence-electron chi connectivity index (χ4n) is 2.41. The van der Waals surface area contributed by atoms with Gasteiger partial charge in [-0.2, -0.15) is 0 Å². The van der Waals surface area contributed by atoms with Crippen LogP contribution < -0.4 is 4.74 Å². The van der Waals surface area contributed by atoms with Crippen LogP contribution in [0.2, 0.25) is 5.02 Å². The molecule has 5 nitrogen and oxygen atoms in total. The third kappa shape index (κ3) is 4.03. The van der Waals surface area contributed by atoms with Crippen molar-refractivity contribution in [2.75, 3.05) is 7.11 Å². The van der Waals surface area contributed by atoms with Crippen LogP contribution in [0.3, 0.4) is 0 Å². The van der Waals surface area contributed by atoms with Crippen molar-refractivity contribution in [2.45, 2.75) is 17.5 Å². The van der Waals surface area contributed by atoms with Gasteiger partial charge in [0.25, 0.3) is 0 Å². The standard InChI is InChI=1S/C18H17ClN4OS/c1-3-10-23-17(13-6-8-20-9-7-13)21-22-18(23)25-12-14-11-15(19)4-5-16(14)24-2/h3-9,11H,1,10,12H2,2H3. The minimum absolute atomic E-state index is 0.625. The zero-order valence-electron chi connectivity index (χ0n) is 13.7. The second-order valence-electron chi connectivity index (χ2n) is 5.19. The van der Waals surface area contributed by atoms with Gasteiger partial charge in [-0.05, 0) is 30.3 Å². The lowest BCUT2D eigenvalue weighted by atomic mass is 10.2. The summed E-state index contributed by atoms with van der Waals surface area (Å²) in [6, 6.07) is 9.42. The molecule has 0 aliphatic rings. The summed E-state index contributed by atoms with van der Waals surface area (Å²) in [5, 5.41) is 10.2. The maximum absolute atomic E-state index is 6.10. The van der Waals surface area contributed by atoms with Gasteiger partial charge in [-0.3, -0.25) is 9.55 Å². The van der Waals surface area contributed by atoms with Crippen LogP contribution in [0, 0.1) is 0 Å². The highest BCUT2D eigenvalue weighted by Crippen LogP contribution is 2.31. The summed E-state index contributed by atoms with van der Waals surface area (Å²) < 4.78 is 7.43. The first-order chi connectivity index (χ1) is 12.2. The molecule has 3 rings (SSSR count). The first-order valence-electron chi connectivity index (χ1n) is 7.62. The average Bonchev–Trinajstić information content (AvgIpc) is 3.04. The van der Waals surface area contributed by atoms with E-state index in [-0.39, 0.29) is 0 Å². The molecule has 0 saturated heterocycles. The topological polar surface area (TPSA) is 52.8 Å². The van der Waals surface area contributed by atoms with E-state index in [1.807, 2.05) is 41.0 Å². The number of thioether (sulfide) groups is 1. The van der Waals surface area contributed by atoms with Gasteiger partial charge in [-0.15, -0.1) is 16.8 Å². The Morgan fingerprint density at radius 1 is 1.24 bits per heavy atom. The van der Waals surface area contributed by atoms with E-state index in [2.05, 4.69) is 21.8 Å². The van der Waals surface area contributed by atoms with Gasteiger partial charge in [-0.25, -0.2) is 0 Å². The first-order valence-corrected chi connectivity index (χ1v) is 8.99. The van der Waals surface area contributed by atoms with Crippen LogP contribution in [0.1, 0.15) is 5.56 Å². The molecule has 0 amide bonds. The SMILES string of the molecule is C=CCn1c(SCc2cc(Cl)ccc2OC)nnc1-c1ccncc1. The highest BCUT2D eigenvalue weighted by atomic mass is 35.5. The number of nitrogens with zero attached hydrogens (tertiary/aromatic N) is 4. The normalized spacial score (nSPS) is 10.6. The Balaban J connectivity index is 1.87. The van der Waals surface area contributed by atoms with Crippen molar-refractivity contribution >= 4 is 23.4 Å². The van der Waals surface area contributed by atoms with Crippen LogP contribution in [0.25, 0.3) is 11.4 Å². The summed E-state index contributed by atoms with van der Waals surface area (Å²) in [5.41, 5.74) is 1.98. The summed E-state index contributed by atoms with van der Waals surface area (Å²) in [5.74, 6) is 2.28. The van der Waals surface area contributed by atoms with Gasteiger partial charge in [0.05, 0.1) is 7.11 Å². The van der Waals surface area contributed by atoms with Crippen molar-refractivity contribution in [2.24, 2.45) is 0 Å². The van der Waals surface area contributed by atoms with Crippen molar-refractivity contribution in [3.8, 4) is 17.1 Å². The van der Waals surface area contributed by atoms with Gasteiger partial charge >= 0.3 is 0 Å². The Morgan fingerprint density at radius 2 is 2.04 bits per heavy atom. The predicted octanol–water partition coefficient (Wildman–Crippen LogP) is 4.48. The Kier molecular flexibility index (Phi) is 5.73. The molecular weight excluding hydrogens is 356 g/mol. The minimum Gasteiger partial charge on any atom is -0.496 e. The van der Waals surface area contributed by atoms with Crippen LogP contribution in [0.4, 0.5) is 0 Å². The average molecular weight is 373 g/mol. The molecule has 0 spiro atoms. The quantitative estimate of drug-likeness (QED) is 0.452. The summed E-state index contributed by atoms with van der Waals surface area (Å²) >= 11 is 7.68. The Labute approximate surface area is 155 Å². The summed E-state index contributed by atoms with van der Waals surface area (Å²) in [7, 11) is 1.65. The number of pyridine rings is 1. The molecule has 0 unspecified atom stereocenters. The lowest BCUT2D eigenvalue weighted by molar-refractivity contribution is 0.411. The summed E-state index contributed by atoms with van der Waals surface area (Å²) in [6.45, 7) is 4.46. The summed E-state index contributed by atoms with van der Waals surface area (Å²) in [6.07, 6.45) is 5.32. The van der Waals surface area contributed by atoms with Gasteiger partial charge < -0.3 is 4.74 Å². The van der Waals surface area contributed by atoms with Crippen LogP contribution >= 0.6 is 23.4 Å². The third-order valence-corrected chi connectivity index (χ3v) is 4.82. The van der Waals surface area contributed by atoms with Crippen LogP contribution in [-0.4, -0.2) is 26.9 Å². The Hall–Kier alpha value is -2.31. The van der Waals surface area contributed by atoms with Crippen molar-refractivity contribution in [3.63, 3.8) is 0 Å². The number of rotatable bonds is 7. The highest BCUT2D eigenvalue weighted by Gasteiger charge is 2.14. The third-order valence-electron chi connectivity index (χ3n) is 3.57. The number of hydrogen-bond donors (Lipinski definition) is 0. The molecule has 0 bridgehead atoms. The van der Waals surface area contributed by atoms with Crippen molar-refractivity contribution < 1.29 is 4.74 Å². The fourth-order valence-corrected chi connectivity index (χ4v) is 3.53. The zero-order valence-corrected chi connectivity index (χ0v) is 15.3. The molecule has 0 radical (unpaired) electrons. The van der Waals surface area contributed by atoms with E-state index in [1.165, 1.54) is 0 Å². The number of hydrogen-bond acceptors (Lipinski definition) is 5. The monoisotopic (exact) mass is 372 g/mol. The molecular formula is C18H17ClN4OS. The first kappa shape index (κ1) is 17.5. The fraction of sp³-hybridized carbons (Fsp3) is 0.167.